The molecule has 1 aromatic rings. The summed E-state index contributed by atoms with van der Waals surface area (Å²) < 4.78 is 14.7. The first-order valence-corrected chi connectivity index (χ1v) is 5.09. The molecule has 1 aromatic carbocycles. The predicted octanol–water partition coefficient (Wildman–Crippen LogP) is 2.95. The first-order chi connectivity index (χ1) is 6.12. The average molecular weight is 244 g/mol. The minimum atomic E-state index is -1.01. The summed E-state index contributed by atoms with van der Waals surface area (Å²) in [6, 6.07) is 7.24. The van der Waals surface area contributed by atoms with Gasteiger partial charge in [0.25, 0.3) is 0 Å². The lowest BCUT2D eigenvalue weighted by Crippen LogP contribution is -2.27. The number of halogens is 2. The summed E-state index contributed by atoms with van der Waals surface area (Å²) in [6.45, 7) is 0. The van der Waals surface area contributed by atoms with Crippen molar-refractivity contribution in [3.05, 3.63) is 34.3 Å². The van der Waals surface area contributed by atoms with E-state index in [1.54, 1.807) is 12.1 Å². The molecule has 0 saturated heterocycles. The van der Waals surface area contributed by atoms with Gasteiger partial charge in [-0.05, 0) is 30.5 Å². The standard InChI is InChI=1S/C10H11BrFN/c11-8-3-1-7(2-4-8)9(12)10(13)5-6-10/h1-4,9H,5-6,13H2. The number of benzene rings is 1. The predicted molar refractivity (Wildman–Crippen MR) is 54.1 cm³/mol. The highest BCUT2D eigenvalue weighted by atomic mass is 79.9. The van der Waals surface area contributed by atoms with Crippen LogP contribution >= 0.6 is 15.9 Å². The van der Waals surface area contributed by atoms with Crippen molar-refractivity contribution >= 4 is 15.9 Å². The van der Waals surface area contributed by atoms with E-state index in [1.807, 2.05) is 12.1 Å². The molecule has 1 aliphatic carbocycles. The van der Waals surface area contributed by atoms with Gasteiger partial charge >= 0.3 is 0 Å². The van der Waals surface area contributed by atoms with Gasteiger partial charge in [0.2, 0.25) is 0 Å². The molecule has 1 fully saturated rings. The Hall–Kier alpha value is -0.410. The number of nitrogens with two attached hydrogens (primary N) is 1. The second-order valence-electron chi connectivity index (χ2n) is 3.65. The van der Waals surface area contributed by atoms with E-state index >= 15 is 0 Å². The summed E-state index contributed by atoms with van der Waals surface area (Å²) in [5.41, 5.74) is 5.88. The van der Waals surface area contributed by atoms with E-state index in [2.05, 4.69) is 15.9 Å². The highest BCUT2D eigenvalue weighted by Crippen LogP contribution is 2.45. The molecule has 1 atom stereocenters. The lowest BCUT2D eigenvalue weighted by atomic mass is 10.0. The van der Waals surface area contributed by atoms with Crippen LogP contribution in [0, 0.1) is 0 Å². The van der Waals surface area contributed by atoms with Gasteiger partial charge < -0.3 is 5.73 Å². The van der Waals surface area contributed by atoms with Gasteiger partial charge in [0.05, 0.1) is 5.54 Å². The Labute approximate surface area is 85.3 Å². The van der Waals surface area contributed by atoms with E-state index in [-0.39, 0.29) is 0 Å². The van der Waals surface area contributed by atoms with Crippen molar-refractivity contribution in [1.82, 2.24) is 0 Å². The molecule has 2 N–H and O–H groups in total. The third-order valence-electron chi connectivity index (χ3n) is 2.49. The van der Waals surface area contributed by atoms with E-state index in [1.165, 1.54) is 0 Å². The molecule has 3 heteroatoms. The highest BCUT2D eigenvalue weighted by molar-refractivity contribution is 9.10. The van der Waals surface area contributed by atoms with Crippen LogP contribution in [0.15, 0.2) is 28.7 Å². The molecule has 0 radical (unpaired) electrons. The van der Waals surface area contributed by atoms with Crippen molar-refractivity contribution < 1.29 is 4.39 Å². The Balaban J connectivity index is 2.20. The molecule has 0 aliphatic heterocycles. The molecule has 1 unspecified atom stereocenters. The zero-order chi connectivity index (χ0) is 9.47. The minimum Gasteiger partial charge on any atom is -0.322 e. The summed E-state index contributed by atoms with van der Waals surface area (Å²) in [6.07, 6.45) is 0.578. The lowest BCUT2D eigenvalue weighted by Gasteiger charge is -2.15. The molecule has 0 spiro atoms. The van der Waals surface area contributed by atoms with Crippen molar-refractivity contribution in [1.29, 1.82) is 0 Å². The van der Waals surface area contributed by atoms with Gasteiger partial charge in [0.1, 0.15) is 6.17 Å². The van der Waals surface area contributed by atoms with Crippen LogP contribution in [0.25, 0.3) is 0 Å². The maximum absolute atomic E-state index is 13.7. The maximum Gasteiger partial charge on any atom is 0.143 e. The summed E-state index contributed by atoms with van der Waals surface area (Å²) >= 11 is 3.31. The molecule has 0 aromatic heterocycles. The van der Waals surface area contributed by atoms with Crippen LogP contribution in [0.2, 0.25) is 0 Å². The third kappa shape index (κ3) is 1.76. The van der Waals surface area contributed by atoms with Crippen molar-refractivity contribution in [3.63, 3.8) is 0 Å². The summed E-state index contributed by atoms with van der Waals surface area (Å²) in [4.78, 5) is 0. The largest absolute Gasteiger partial charge is 0.322 e. The van der Waals surface area contributed by atoms with Gasteiger partial charge in [-0.3, -0.25) is 0 Å². The fourth-order valence-corrected chi connectivity index (χ4v) is 1.63. The van der Waals surface area contributed by atoms with E-state index in [0.717, 1.165) is 17.3 Å². The minimum absolute atomic E-state index is 0.576. The molecular weight excluding hydrogens is 233 g/mol. The Morgan fingerprint density at radius 1 is 1.31 bits per heavy atom. The monoisotopic (exact) mass is 243 g/mol. The molecule has 2 rings (SSSR count). The van der Waals surface area contributed by atoms with Gasteiger partial charge in [0.15, 0.2) is 0 Å². The zero-order valence-electron chi connectivity index (χ0n) is 7.13. The Morgan fingerprint density at radius 2 is 1.85 bits per heavy atom. The van der Waals surface area contributed by atoms with Crippen LogP contribution < -0.4 is 5.73 Å². The number of hydrogen-bond donors (Lipinski definition) is 1. The third-order valence-corrected chi connectivity index (χ3v) is 3.02. The van der Waals surface area contributed by atoms with Crippen molar-refractivity contribution in [2.45, 2.75) is 24.6 Å². The van der Waals surface area contributed by atoms with E-state index in [9.17, 15) is 4.39 Å². The number of alkyl halides is 1. The number of hydrogen-bond acceptors (Lipinski definition) is 1. The van der Waals surface area contributed by atoms with Crippen LogP contribution in [0.1, 0.15) is 24.6 Å². The molecule has 0 amide bonds. The maximum atomic E-state index is 13.7. The van der Waals surface area contributed by atoms with Crippen LogP contribution in [0.5, 0.6) is 0 Å². The molecule has 0 bridgehead atoms. The Kier molecular flexibility index (Phi) is 2.16. The van der Waals surface area contributed by atoms with Gasteiger partial charge in [-0.1, -0.05) is 28.1 Å². The lowest BCUT2D eigenvalue weighted by molar-refractivity contribution is 0.274. The fraction of sp³-hybridized carbons (Fsp3) is 0.400. The fourth-order valence-electron chi connectivity index (χ4n) is 1.36. The summed E-state index contributed by atoms with van der Waals surface area (Å²) in [5, 5.41) is 0. The summed E-state index contributed by atoms with van der Waals surface area (Å²) in [7, 11) is 0. The van der Waals surface area contributed by atoms with Gasteiger partial charge in [-0.25, -0.2) is 4.39 Å². The van der Waals surface area contributed by atoms with E-state index in [4.69, 9.17) is 5.73 Å². The number of rotatable bonds is 2. The molecule has 1 aliphatic rings. The van der Waals surface area contributed by atoms with E-state index < -0.39 is 11.7 Å². The van der Waals surface area contributed by atoms with Gasteiger partial charge in [0, 0.05) is 4.47 Å². The van der Waals surface area contributed by atoms with E-state index in [0.29, 0.717) is 5.56 Å². The molecular formula is C10H11BrFN. The SMILES string of the molecule is NC1(C(F)c2ccc(Br)cc2)CC1. The zero-order valence-corrected chi connectivity index (χ0v) is 8.72. The smallest absolute Gasteiger partial charge is 0.143 e. The quantitative estimate of drug-likeness (QED) is 0.850. The second-order valence-corrected chi connectivity index (χ2v) is 4.56. The molecule has 1 saturated carbocycles. The van der Waals surface area contributed by atoms with Crippen LogP contribution in [-0.2, 0) is 0 Å². The first kappa shape index (κ1) is 9.16. The molecule has 13 heavy (non-hydrogen) atoms. The van der Waals surface area contributed by atoms with Crippen molar-refractivity contribution in [2.75, 3.05) is 0 Å². The topological polar surface area (TPSA) is 26.0 Å². The molecule has 70 valence electrons. The molecule has 1 nitrogen and oxygen atoms in total. The van der Waals surface area contributed by atoms with Crippen molar-refractivity contribution in [2.24, 2.45) is 5.73 Å². The van der Waals surface area contributed by atoms with Gasteiger partial charge in [-0.2, -0.15) is 0 Å². The summed E-state index contributed by atoms with van der Waals surface area (Å²) in [5.74, 6) is 0. The normalized spacial score (nSPS) is 21.2. The van der Waals surface area contributed by atoms with Crippen LogP contribution in [0.4, 0.5) is 4.39 Å². The second kappa shape index (κ2) is 3.07. The Bertz CT molecular complexity index is 305. The average Bonchev–Trinajstić information content (AvgIpc) is 2.85. The van der Waals surface area contributed by atoms with Crippen LogP contribution in [0.3, 0.4) is 0 Å². The molecule has 0 heterocycles. The highest BCUT2D eigenvalue weighted by Gasteiger charge is 2.47. The van der Waals surface area contributed by atoms with Crippen LogP contribution in [-0.4, -0.2) is 5.54 Å². The van der Waals surface area contributed by atoms with Crippen molar-refractivity contribution in [3.8, 4) is 0 Å². The Morgan fingerprint density at radius 3 is 2.31 bits per heavy atom. The first-order valence-electron chi connectivity index (χ1n) is 4.30. The van der Waals surface area contributed by atoms with Gasteiger partial charge in [-0.15, -0.1) is 0 Å².